The van der Waals surface area contributed by atoms with E-state index < -0.39 is 23.5 Å². The highest BCUT2D eigenvalue weighted by Gasteiger charge is 2.36. The van der Waals surface area contributed by atoms with E-state index >= 15 is 0 Å². The first-order chi connectivity index (χ1) is 13.1. The zero-order valence-corrected chi connectivity index (χ0v) is 17.0. The lowest BCUT2D eigenvalue weighted by Gasteiger charge is -2.36. The molecule has 0 aromatic heterocycles. The molecule has 0 spiro atoms. The average Bonchev–Trinajstić information content (AvgIpc) is 2.59. The van der Waals surface area contributed by atoms with Crippen molar-refractivity contribution in [2.45, 2.75) is 46.3 Å². The lowest BCUT2D eigenvalue weighted by atomic mass is 9.83. The summed E-state index contributed by atoms with van der Waals surface area (Å²) in [5, 5.41) is 13.6. The second-order valence-corrected chi connectivity index (χ2v) is 7.67. The second-order valence-electron chi connectivity index (χ2n) is 7.67. The maximum atomic E-state index is 12.8. The quantitative estimate of drug-likeness (QED) is 0.791. The number of rotatable bonds is 3. The number of carbonyl (C=O) groups is 2. The van der Waals surface area contributed by atoms with Gasteiger partial charge in [0.15, 0.2) is 0 Å². The monoisotopic (exact) mass is 383 g/mol. The van der Waals surface area contributed by atoms with Gasteiger partial charge in [0.1, 0.15) is 23.1 Å². The van der Waals surface area contributed by atoms with Crippen LogP contribution in [0.1, 0.15) is 47.8 Å². The van der Waals surface area contributed by atoms with Crippen LogP contribution in [-0.2, 0) is 15.1 Å². The Hall–Kier alpha value is -3.02. The van der Waals surface area contributed by atoms with Crippen molar-refractivity contribution < 1.29 is 24.2 Å². The third-order valence-corrected chi connectivity index (χ3v) is 5.05. The van der Waals surface area contributed by atoms with Crippen LogP contribution in [0.25, 0.3) is 11.1 Å². The third-order valence-electron chi connectivity index (χ3n) is 5.05. The molecule has 0 radical (unpaired) electrons. The van der Waals surface area contributed by atoms with Crippen LogP contribution in [-0.4, -0.2) is 30.1 Å². The van der Waals surface area contributed by atoms with Gasteiger partial charge in [0, 0.05) is 5.56 Å². The highest BCUT2D eigenvalue weighted by atomic mass is 16.5. The largest absolute Gasteiger partial charge is 0.506 e. The van der Waals surface area contributed by atoms with Crippen molar-refractivity contribution in [2.75, 3.05) is 7.11 Å². The maximum absolute atomic E-state index is 12.8. The van der Waals surface area contributed by atoms with Crippen molar-refractivity contribution in [2.24, 2.45) is 0 Å². The Bertz CT molecular complexity index is 977. The molecule has 28 heavy (non-hydrogen) atoms. The molecule has 0 fully saturated rings. The van der Waals surface area contributed by atoms with Crippen molar-refractivity contribution >= 4 is 11.9 Å². The predicted molar refractivity (Wildman–Crippen MR) is 106 cm³/mol. The molecular weight excluding hydrogens is 358 g/mol. The molecule has 1 aliphatic rings. The number of ether oxygens (including phenoxy) is 2. The van der Waals surface area contributed by atoms with E-state index in [1.807, 2.05) is 39.0 Å². The summed E-state index contributed by atoms with van der Waals surface area (Å²) in [6.45, 7) is 9.16. The molecule has 1 aliphatic heterocycles. The van der Waals surface area contributed by atoms with Gasteiger partial charge in [-0.05, 0) is 51.8 Å². The number of nitrogens with one attached hydrogen (secondary N) is 1. The fraction of sp³-hybridized carbons (Fsp3) is 0.364. The number of fused-ring (bicyclic) bond motifs is 3. The lowest BCUT2D eigenvalue weighted by Crippen LogP contribution is -2.39. The fourth-order valence-electron chi connectivity index (χ4n) is 3.62. The maximum Gasteiger partial charge on any atom is 0.328 e. The summed E-state index contributed by atoms with van der Waals surface area (Å²) in [5.41, 5.74) is 3.38. The molecule has 1 amide bonds. The molecule has 0 saturated carbocycles. The van der Waals surface area contributed by atoms with Crippen LogP contribution in [0.5, 0.6) is 11.5 Å². The molecule has 0 unspecified atom stereocenters. The van der Waals surface area contributed by atoms with Crippen LogP contribution < -0.4 is 10.1 Å². The molecule has 3 rings (SSSR count). The molecule has 0 saturated heterocycles. The van der Waals surface area contributed by atoms with Gasteiger partial charge in [-0.25, -0.2) is 4.79 Å². The molecule has 0 bridgehead atoms. The molecule has 0 aliphatic carbocycles. The number of amides is 1. The smallest absolute Gasteiger partial charge is 0.328 e. The Kier molecular flexibility index (Phi) is 4.83. The van der Waals surface area contributed by atoms with E-state index in [9.17, 15) is 14.7 Å². The third kappa shape index (κ3) is 3.19. The number of phenolic OH excluding ortho intramolecular Hbond substituents is 1. The van der Waals surface area contributed by atoms with E-state index in [1.54, 1.807) is 13.0 Å². The Labute approximate surface area is 164 Å². The van der Waals surface area contributed by atoms with Crippen LogP contribution in [0.15, 0.2) is 24.3 Å². The van der Waals surface area contributed by atoms with E-state index in [0.29, 0.717) is 16.9 Å². The topological polar surface area (TPSA) is 84.9 Å². The number of aromatic hydroxyl groups is 1. The van der Waals surface area contributed by atoms with Crippen molar-refractivity contribution in [1.82, 2.24) is 5.32 Å². The van der Waals surface area contributed by atoms with Gasteiger partial charge in [-0.2, -0.15) is 0 Å². The van der Waals surface area contributed by atoms with E-state index in [0.717, 1.165) is 16.7 Å². The number of hydrogen-bond donors (Lipinski definition) is 2. The van der Waals surface area contributed by atoms with Crippen LogP contribution >= 0.6 is 0 Å². The first-order valence-electron chi connectivity index (χ1n) is 9.12. The SMILES string of the molecule is COC(=O)[C@H](C)NC(=O)c1c(C)cc2c(c1O)-c1cc(C)ccc1C(C)(C)O2. The number of methoxy groups -OCH3 is 1. The van der Waals surface area contributed by atoms with Crippen molar-refractivity contribution in [3.8, 4) is 22.6 Å². The van der Waals surface area contributed by atoms with Crippen LogP contribution in [0.2, 0.25) is 0 Å². The van der Waals surface area contributed by atoms with Crippen molar-refractivity contribution in [3.05, 3.63) is 46.5 Å². The first-order valence-corrected chi connectivity index (χ1v) is 9.12. The number of esters is 1. The summed E-state index contributed by atoms with van der Waals surface area (Å²) in [4.78, 5) is 24.4. The molecule has 6 heteroatoms. The zero-order chi connectivity index (χ0) is 20.8. The normalized spacial score (nSPS) is 14.9. The van der Waals surface area contributed by atoms with E-state index in [4.69, 9.17) is 4.74 Å². The molecule has 2 aromatic carbocycles. The number of phenols is 1. The molecule has 6 nitrogen and oxygen atoms in total. The van der Waals surface area contributed by atoms with Gasteiger partial charge in [-0.15, -0.1) is 0 Å². The minimum atomic E-state index is -0.836. The van der Waals surface area contributed by atoms with Crippen LogP contribution in [0.4, 0.5) is 0 Å². The van der Waals surface area contributed by atoms with Gasteiger partial charge in [0.25, 0.3) is 5.91 Å². The lowest BCUT2D eigenvalue weighted by molar-refractivity contribution is -0.142. The summed E-state index contributed by atoms with van der Waals surface area (Å²) in [6.07, 6.45) is 0. The summed E-state index contributed by atoms with van der Waals surface area (Å²) in [6, 6.07) is 6.86. The van der Waals surface area contributed by atoms with E-state index in [-0.39, 0.29) is 11.3 Å². The van der Waals surface area contributed by atoms with E-state index in [2.05, 4.69) is 10.1 Å². The highest BCUT2D eigenvalue weighted by Crippen LogP contribution is 2.51. The second kappa shape index (κ2) is 6.86. The Morgan fingerprint density at radius 1 is 1.21 bits per heavy atom. The summed E-state index contributed by atoms with van der Waals surface area (Å²) >= 11 is 0. The van der Waals surface area contributed by atoms with Gasteiger partial charge in [0.05, 0.1) is 18.2 Å². The Morgan fingerprint density at radius 3 is 2.54 bits per heavy atom. The minimum absolute atomic E-state index is 0.116. The predicted octanol–water partition coefficient (Wildman–Crippen LogP) is 3.59. The Morgan fingerprint density at radius 2 is 1.89 bits per heavy atom. The zero-order valence-electron chi connectivity index (χ0n) is 17.0. The number of aryl methyl sites for hydroxylation is 2. The number of benzene rings is 2. The summed E-state index contributed by atoms with van der Waals surface area (Å²) in [5.74, 6) is -0.744. The van der Waals surface area contributed by atoms with Gasteiger partial charge >= 0.3 is 5.97 Å². The molecule has 1 heterocycles. The van der Waals surface area contributed by atoms with Crippen molar-refractivity contribution in [3.63, 3.8) is 0 Å². The van der Waals surface area contributed by atoms with Crippen LogP contribution in [0.3, 0.4) is 0 Å². The van der Waals surface area contributed by atoms with Gasteiger partial charge in [0.2, 0.25) is 0 Å². The van der Waals surface area contributed by atoms with Gasteiger partial charge < -0.3 is 19.9 Å². The molecular formula is C22H25NO5. The molecule has 2 N–H and O–H groups in total. The molecule has 2 aromatic rings. The average molecular weight is 383 g/mol. The minimum Gasteiger partial charge on any atom is -0.506 e. The van der Waals surface area contributed by atoms with Crippen LogP contribution in [0, 0.1) is 13.8 Å². The fourth-order valence-corrected chi connectivity index (χ4v) is 3.62. The number of carbonyl (C=O) groups excluding carboxylic acids is 2. The first kappa shape index (κ1) is 19.7. The summed E-state index contributed by atoms with van der Waals surface area (Å²) in [7, 11) is 1.25. The Balaban J connectivity index is 2.15. The van der Waals surface area contributed by atoms with E-state index in [1.165, 1.54) is 14.0 Å². The summed E-state index contributed by atoms with van der Waals surface area (Å²) < 4.78 is 10.8. The van der Waals surface area contributed by atoms with Gasteiger partial charge in [-0.3, -0.25) is 4.79 Å². The standard InChI is InChI=1S/C22H25NO5/c1-11-7-8-15-14(9-11)18-16(28-22(15,4)5)10-12(2)17(19(18)24)20(25)23-13(3)21(26)27-6/h7-10,13,24H,1-6H3,(H,23,25)/t13-/m0/s1. The number of hydrogen-bond acceptors (Lipinski definition) is 5. The van der Waals surface area contributed by atoms with Crippen molar-refractivity contribution in [1.29, 1.82) is 0 Å². The molecule has 148 valence electrons. The highest BCUT2D eigenvalue weighted by molar-refractivity contribution is 6.03. The van der Waals surface area contributed by atoms with Gasteiger partial charge in [-0.1, -0.05) is 23.8 Å². The molecule has 1 atom stereocenters.